The number of carbonyl (C=O) groups is 4. The molecule has 0 amide bonds. The van der Waals surface area contributed by atoms with E-state index in [2.05, 4.69) is 48.5 Å². The van der Waals surface area contributed by atoms with Crippen molar-refractivity contribution in [1.29, 1.82) is 0 Å². The summed E-state index contributed by atoms with van der Waals surface area (Å²) >= 11 is 0. The molecule has 0 aliphatic rings. The van der Waals surface area contributed by atoms with Crippen molar-refractivity contribution in [2.45, 2.75) is 433 Å². The molecule has 0 rings (SSSR count). The van der Waals surface area contributed by atoms with Crippen LogP contribution in [0.25, 0.3) is 0 Å². The van der Waals surface area contributed by atoms with Crippen LogP contribution in [-0.4, -0.2) is 96.7 Å². The molecule has 3 unspecified atom stereocenters. The molecular formula is C80H156O17P2. The average molecular weight is 1450 g/mol. The Labute approximate surface area is 607 Å². The van der Waals surface area contributed by atoms with E-state index in [4.69, 9.17) is 37.0 Å². The van der Waals surface area contributed by atoms with Crippen molar-refractivity contribution in [2.75, 3.05) is 39.6 Å². The molecule has 17 nitrogen and oxygen atoms in total. The van der Waals surface area contributed by atoms with Gasteiger partial charge in [0, 0.05) is 25.7 Å². The van der Waals surface area contributed by atoms with E-state index in [9.17, 15) is 43.2 Å². The first-order valence-electron chi connectivity index (χ1n) is 41.4. The van der Waals surface area contributed by atoms with Gasteiger partial charge < -0.3 is 33.8 Å². The summed E-state index contributed by atoms with van der Waals surface area (Å²) < 4.78 is 68.6. The van der Waals surface area contributed by atoms with Crippen molar-refractivity contribution < 1.29 is 80.2 Å². The highest BCUT2D eigenvalue weighted by atomic mass is 31.2. The van der Waals surface area contributed by atoms with Crippen LogP contribution in [0.5, 0.6) is 0 Å². The molecule has 0 radical (unpaired) electrons. The summed E-state index contributed by atoms with van der Waals surface area (Å²) in [5.74, 6) is 0.133. The van der Waals surface area contributed by atoms with Gasteiger partial charge in [-0.05, 0) is 43.4 Å². The topological polar surface area (TPSA) is 237 Å². The third kappa shape index (κ3) is 72.8. The molecule has 0 saturated heterocycles. The molecule has 0 bridgehead atoms. The van der Waals surface area contributed by atoms with Crippen molar-refractivity contribution in [2.24, 2.45) is 17.8 Å². The molecule has 0 heterocycles. The molecule has 19 heteroatoms. The number of hydrogen-bond donors (Lipinski definition) is 3. The maximum atomic E-state index is 13.1. The van der Waals surface area contributed by atoms with E-state index in [0.717, 1.165) is 114 Å². The lowest BCUT2D eigenvalue weighted by Gasteiger charge is -2.21. The fraction of sp³-hybridized carbons (Fsp3) is 0.950. The molecule has 0 spiro atoms. The lowest BCUT2D eigenvalue weighted by Crippen LogP contribution is -2.30. The Morgan fingerprint density at radius 2 is 0.515 bits per heavy atom. The Morgan fingerprint density at radius 1 is 0.293 bits per heavy atom. The van der Waals surface area contributed by atoms with Gasteiger partial charge in [0.2, 0.25) is 0 Å². The third-order valence-electron chi connectivity index (χ3n) is 19.0. The van der Waals surface area contributed by atoms with Crippen LogP contribution >= 0.6 is 15.6 Å². The first-order valence-corrected chi connectivity index (χ1v) is 44.4. The molecule has 588 valence electrons. The number of phosphoric acid groups is 2. The molecular weight excluding hydrogens is 1290 g/mol. The van der Waals surface area contributed by atoms with Gasteiger partial charge in [0.05, 0.1) is 26.4 Å². The predicted molar refractivity (Wildman–Crippen MR) is 405 cm³/mol. The Kier molecular flexibility index (Phi) is 69.0. The zero-order valence-electron chi connectivity index (χ0n) is 65.0. The van der Waals surface area contributed by atoms with E-state index in [1.165, 1.54) is 218 Å². The van der Waals surface area contributed by atoms with Crippen molar-refractivity contribution in [3.63, 3.8) is 0 Å². The molecule has 6 atom stereocenters. The van der Waals surface area contributed by atoms with Crippen molar-refractivity contribution in [3.05, 3.63) is 0 Å². The second kappa shape index (κ2) is 70.4. The molecule has 99 heavy (non-hydrogen) atoms. The molecule has 0 saturated carbocycles. The van der Waals surface area contributed by atoms with Gasteiger partial charge in [-0.2, -0.15) is 0 Å². The number of rotatable bonds is 78. The second-order valence-electron chi connectivity index (χ2n) is 30.0. The molecule has 3 N–H and O–H groups in total. The van der Waals surface area contributed by atoms with Crippen LogP contribution in [0.2, 0.25) is 0 Å². The number of ether oxygens (including phenoxy) is 4. The van der Waals surface area contributed by atoms with Crippen LogP contribution in [-0.2, 0) is 65.4 Å². The standard InChI is InChI=1S/C80H156O17P2/c1-8-10-11-12-13-14-15-16-17-18-19-20-21-22-23-24-25-30-35-40-49-56-63-79(84)96-75(67-90-77(82)61-54-47-39-34-29-27-26-28-32-37-44-51-58-71(3)4)69-94-98(86,87)92-65-74(81)66-93-99(88,89)95-70-76(68-91-78(83)62-55-48-43-42-46-53-60-73(7)9-2)97-80(85)64-57-50-41-36-31-33-38-45-52-59-72(5)6/h71-76,81H,8-70H2,1-7H3,(H,86,87)(H,88,89)/t73?,74-,75-,76-/m1/s1. The summed E-state index contributed by atoms with van der Waals surface area (Å²) in [7, 11) is -9.92. The maximum absolute atomic E-state index is 13.1. The summed E-state index contributed by atoms with van der Waals surface area (Å²) in [6.45, 7) is 11.9. The van der Waals surface area contributed by atoms with Gasteiger partial charge in [-0.3, -0.25) is 37.3 Å². The van der Waals surface area contributed by atoms with Crippen molar-refractivity contribution in [3.8, 4) is 0 Å². The van der Waals surface area contributed by atoms with Crippen LogP contribution in [0.1, 0.15) is 414 Å². The fourth-order valence-electron chi connectivity index (χ4n) is 12.3. The van der Waals surface area contributed by atoms with Gasteiger partial charge in [-0.1, -0.05) is 363 Å². The smallest absolute Gasteiger partial charge is 0.462 e. The number of phosphoric ester groups is 2. The number of aliphatic hydroxyl groups is 1. The Morgan fingerprint density at radius 3 is 0.768 bits per heavy atom. The van der Waals surface area contributed by atoms with Crippen LogP contribution in [0.15, 0.2) is 0 Å². The minimum absolute atomic E-state index is 0.104. The monoisotopic (exact) mass is 1450 g/mol. The quantitative estimate of drug-likeness (QED) is 0.0222. The lowest BCUT2D eigenvalue weighted by atomic mass is 10.00. The van der Waals surface area contributed by atoms with E-state index in [-0.39, 0.29) is 25.7 Å². The van der Waals surface area contributed by atoms with E-state index >= 15 is 0 Å². The Bertz CT molecular complexity index is 1920. The highest BCUT2D eigenvalue weighted by Gasteiger charge is 2.30. The van der Waals surface area contributed by atoms with Crippen LogP contribution in [0, 0.1) is 17.8 Å². The summed E-state index contributed by atoms with van der Waals surface area (Å²) in [4.78, 5) is 72.9. The number of esters is 4. The zero-order chi connectivity index (χ0) is 73.0. The SMILES string of the molecule is CCCCCCCCCCCCCCCCCCCCCCCCC(=O)O[C@H](COC(=O)CCCCCCCCCCCCCCC(C)C)COP(=O)(O)OC[C@@H](O)COP(=O)(O)OC[C@@H](COC(=O)CCCCCCCCC(C)CC)OC(=O)CCCCCCCCCCCC(C)C. The summed E-state index contributed by atoms with van der Waals surface area (Å²) in [6, 6.07) is 0. The number of carbonyl (C=O) groups excluding carboxylic acids is 4. The van der Waals surface area contributed by atoms with Gasteiger partial charge >= 0.3 is 39.5 Å². The Balaban J connectivity index is 5.21. The second-order valence-corrected chi connectivity index (χ2v) is 32.9. The highest BCUT2D eigenvalue weighted by molar-refractivity contribution is 7.47. The zero-order valence-corrected chi connectivity index (χ0v) is 66.8. The van der Waals surface area contributed by atoms with Gasteiger partial charge in [0.25, 0.3) is 0 Å². The first kappa shape index (κ1) is 97.1. The van der Waals surface area contributed by atoms with Crippen LogP contribution in [0.3, 0.4) is 0 Å². The highest BCUT2D eigenvalue weighted by Crippen LogP contribution is 2.45. The number of aliphatic hydroxyl groups excluding tert-OH is 1. The summed E-state index contributed by atoms with van der Waals surface area (Å²) in [5, 5.41) is 10.6. The van der Waals surface area contributed by atoms with E-state index in [0.29, 0.717) is 25.7 Å². The molecule has 0 aromatic carbocycles. The molecule has 0 aromatic heterocycles. The molecule has 0 fully saturated rings. The van der Waals surface area contributed by atoms with Crippen LogP contribution in [0.4, 0.5) is 0 Å². The van der Waals surface area contributed by atoms with E-state index in [1.54, 1.807) is 0 Å². The Hall–Kier alpha value is -1.94. The molecule has 0 aromatic rings. The number of unbranched alkanes of at least 4 members (excludes halogenated alkanes) is 45. The van der Waals surface area contributed by atoms with Crippen molar-refractivity contribution in [1.82, 2.24) is 0 Å². The van der Waals surface area contributed by atoms with Crippen molar-refractivity contribution >= 4 is 39.5 Å². The third-order valence-corrected chi connectivity index (χ3v) is 20.9. The first-order chi connectivity index (χ1) is 47.8. The average Bonchev–Trinajstić information content (AvgIpc) is 0.952. The van der Waals surface area contributed by atoms with Gasteiger partial charge in [0.1, 0.15) is 19.3 Å². The number of hydrogen-bond acceptors (Lipinski definition) is 15. The van der Waals surface area contributed by atoms with Crippen LogP contribution < -0.4 is 0 Å². The van der Waals surface area contributed by atoms with Gasteiger partial charge in [0.15, 0.2) is 12.2 Å². The van der Waals surface area contributed by atoms with Gasteiger partial charge in [-0.15, -0.1) is 0 Å². The minimum atomic E-state index is -4.96. The normalized spacial score (nSPS) is 14.3. The fourth-order valence-corrected chi connectivity index (χ4v) is 13.9. The van der Waals surface area contributed by atoms with E-state index in [1.807, 2.05) is 0 Å². The van der Waals surface area contributed by atoms with E-state index < -0.39 is 97.5 Å². The van der Waals surface area contributed by atoms with Gasteiger partial charge in [-0.25, -0.2) is 9.13 Å². The predicted octanol–water partition coefficient (Wildman–Crippen LogP) is 23.7. The minimum Gasteiger partial charge on any atom is -0.462 e. The molecule has 0 aliphatic heterocycles. The maximum Gasteiger partial charge on any atom is 0.472 e. The largest absolute Gasteiger partial charge is 0.472 e. The summed E-state index contributed by atoms with van der Waals surface area (Å²) in [6.07, 6.45) is 58.5. The lowest BCUT2D eigenvalue weighted by molar-refractivity contribution is -0.161. The summed E-state index contributed by atoms with van der Waals surface area (Å²) in [5.41, 5.74) is 0. The molecule has 0 aliphatic carbocycles.